The maximum Gasteiger partial charge on any atom is 0.0685 e. The third-order valence-electron chi connectivity index (χ3n) is 5.59. The summed E-state index contributed by atoms with van der Waals surface area (Å²) in [6, 6.07) is 0.453. The molecule has 2 heterocycles. The van der Waals surface area contributed by atoms with E-state index in [2.05, 4.69) is 35.9 Å². The Bertz CT molecular complexity index is 336. The minimum absolute atomic E-state index is 0.201. The summed E-state index contributed by atoms with van der Waals surface area (Å²) in [5.41, 5.74) is 3.42. The standard InChI is InChI=1S/C16H30N2OS2/c1-2-13-15(21-10-9-20-13)14(18-17)12-5-8-19-16(11-12)6-3-4-7-16/h12-15,18H,2-11,17H2,1H3. The Kier molecular flexibility index (Phi) is 5.82. The van der Waals surface area contributed by atoms with Crippen LogP contribution in [0.3, 0.4) is 0 Å². The molecule has 3 nitrogen and oxygen atoms in total. The van der Waals surface area contributed by atoms with Gasteiger partial charge in [-0.25, -0.2) is 0 Å². The highest BCUT2D eigenvalue weighted by atomic mass is 32.2. The Morgan fingerprint density at radius 2 is 2.05 bits per heavy atom. The molecule has 0 aromatic carbocycles. The van der Waals surface area contributed by atoms with Gasteiger partial charge in [-0.3, -0.25) is 11.3 Å². The summed E-state index contributed by atoms with van der Waals surface area (Å²) < 4.78 is 6.21. The Labute approximate surface area is 137 Å². The van der Waals surface area contributed by atoms with Crippen molar-refractivity contribution >= 4 is 23.5 Å². The number of nitrogens with two attached hydrogens (primary N) is 1. The van der Waals surface area contributed by atoms with E-state index in [1.165, 1.54) is 56.5 Å². The summed E-state index contributed by atoms with van der Waals surface area (Å²) in [5, 5.41) is 1.42. The van der Waals surface area contributed by atoms with E-state index in [4.69, 9.17) is 10.6 Å². The maximum atomic E-state index is 6.21. The van der Waals surface area contributed by atoms with Gasteiger partial charge in [-0.2, -0.15) is 23.5 Å². The second-order valence-corrected chi connectivity index (χ2v) is 9.47. The van der Waals surface area contributed by atoms with Crippen molar-refractivity contribution in [1.29, 1.82) is 0 Å². The third-order valence-corrected chi connectivity index (χ3v) is 8.97. The highest BCUT2D eigenvalue weighted by Gasteiger charge is 2.44. The van der Waals surface area contributed by atoms with Gasteiger partial charge >= 0.3 is 0 Å². The summed E-state index contributed by atoms with van der Waals surface area (Å²) in [4.78, 5) is 0. The summed E-state index contributed by atoms with van der Waals surface area (Å²) in [7, 11) is 0. The highest BCUT2D eigenvalue weighted by molar-refractivity contribution is 8.07. The number of thioether (sulfide) groups is 2. The molecular weight excluding hydrogens is 300 g/mol. The molecule has 0 radical (unpaired) electrons. The van der Waals surface area contributed by atoms with E-state index >= 15 is 0 Å². The first kappa shape index (κ1) is 16.4. The molecule has 4 atom stereocenters. The van der Waals surface area contributed by atoms with Crippen LogP contribution in [-0.4, -0.2) is 40.3 Å². The zero-order chi connectivity index (χ0) is 14.7. The van der Waals surface area contributed by atoms with E-state index in [-0.39, 0.29) is 5.60 Å². The van der Waals surface area contributed by atoms with Crippen LogP contribution in [-0.2, 0) is 4.74 Å². The first-order valence-corrected chi connectivity index (χ1v) is 10.7. The Morgan fingerprint density at radius 3 is 2.76 bits per heavy atom. The van der Waals surface area contributed by atoms with Crippen molar-refractivity contribution < 1.29 is 4.74 Å². The molecule has 3 aliphatic rings. The molecule has 3 fully saturated rings. The normalized spacial score (nSPS) is 37.7. The van der Waals surface area contributed by atoms with E-state index < -0.39 is 0 Å². The molecule has 1 aliphatic carbocycles. The van der Waals surface area contributed by atoms with Crippen molar-refractivity contribution in [2.24, 2.45) is 11.8 Å². The quantitative estimate of drug-likeness (QED) is 0.612. The molecule has 2 aliphatic heterocycles. The molecule has 21 heavy (non-hydrogen) atoms. The monoisotopic (exact) mass is 330 g/mol. The lowest BCUT2D eigenvalue weighted by Crippen LogP contribution is -2.55. The zero-order valence-corrected chi connectivity index (χ0v) is 14.8. The van der Waals surface area contributed by atoms with Crippen LogP contribution in [0.4, 0.5) is 0 Å². The maximum absolute atomic E-state index is 6.21. The fourth-order valence-corrected chi connectivity index (χ4v) is 7.84. The molecular formula is C16H30N2OS2. The van der Waals surface area contributed by atoms with Crippen molar-refractivity contribution in [3.63, 3.8) is 0 Å². The summed E-state index contributed by atoms with van der Waals surface area (Å²) >= 11 is 4.30. The number of ether oxygens (including phenoxy) is 1. The van der Waals surface area contributed by atoms with Crippen LogP contribution in [0, 0.1) is 5.92 Å². The van der Waals surface area contributed by atoms with E-state index in [1.54, 1.807) is 0 Å². The smallest absolute Gasteiger partial charge is 0.0685 e. The average molecular weight is 331 g/mol. The number of nitrogens with one attached hydrogen (secondary N) is 1. The van der Waals surface area contributed by atoms with Crippen LogP contribution >= 0.6 is 23.5 Å². The van der Waals surface area contributed by atoms with Gasteiger partial charge in [0.1, 0.15) is 0 Å². The van der Waals surface area contributed by atoms with Crippen molar-refractivity contribution in [2.75, 3.05) is 18.1 Å². The summed E-state index contributed by atoms with van der Waals surface area (Å²) in [5.74, 6) is 9.29. The van der Waals surface area contributed by atoms with Crippen molar-refractivity contribution in [3.05, 3.63) is 0 Å². The topological polar surface area (TPSA) is 47.3 Å². The van der Waals surface area contributed by atoms with Crippen molar-refractivity contribution in [2.45, 2.75) is 74.0 Å². The average Bonchev–Trinajstić information content (AvgIpc) is 2.96. The van der Waals surface area contributed by atoms with Gasteiger partial charge in [0.25, 0.3) is 0 Å². The van der Waals surface area contributed by atoms with Crippen molar-refractivity contribution in [1.82, 2.24) is 5.43 Å². The second kappa shape index (κ2) is 7.43. The molecule has 2 saturated heterocycles. The molecule has 0 amide bonds. The highest BCUT2D eigenvalue weighted by Crippen LogP contribution is 2.45. The third kappa shape index (κ3) is 3.57. The van der Waals surface area contributed by atoms with Gasteiger partial charge in [0.05, 0.1) is 5.60 Å². The lowest BCUT2D eigenvalue weighted by Gasteiger charge is -2.45. The summed E-state index contributed by atoms with van der Waals surface area (Å²) in [6.07, 6.45) is 8.89. The van der Waals surface area contributed by atoms with Crippen LogP contribution in [0.25, 0.3) is 0 Å². The first-order chi connectivity index (χ1) is 10.3. The van der Waals surface area contributed by atoms with E-state index in [1.807, 2.05) is 0 Å². The van der Waals surface area contributed by atoms with Gasteiger partial charge in [0, 0.05) is 34.7 Å². The summed E-state index contributed by atoms with van der Waals surface area (Å²) in [6.45, 7) is 3.26. The van der Waals surface area contributed by atoms with Crippen molar-refractivity contribution in [3.8, 4) is 0 Å². The van der Waals surface area contributed by atoms with E-state index in [0.717, 1.165) is 11.9 Å². The molecule has 1 saturated carbocycles. The first-order valence-electron chi connectivity index (χ1n) is 8.61. The lowest BCUT2D eigenvalue weighted by molar-refractivity contribution is -0.0979. The molecule has 1 spiro atoms. The molecule has 0 aromatic heterocycles. The Hall–Kier alpha value is 0.580. The number of hydrazine groups is 1. The van der Waals surface area contributed by atoms with Gasteiger partial charge < -0.3 is 4.74 Å². The van der Waals surface area contributed by atoms with Crippen LogP contribution in [0.15, 0.2) is 0 Å². The minimum atomic E-state index is 0.201. The van der Waals surface area contributed by atoms with E-state index in [0.29, 0.717) is 17.2 Å². The van der Waals surface area contributed by atoms with E-state index in [9.17, 15) is 0 Å². The van der Waals surface area contributed by atoms with Crippen LogP contribution < -0.4 is 11.3 Å². The van der Waals surface area contributed by atoms with Crippen LogP contribution in [0.1, 0.15) is 51.9 Å². The SMILES string of the molecule is CCC1SCCSC1C(NN)C1CCOC2(CCCC2)C1. The second-order valence-electron chi connectivity index (χ2n) is 6.84. The largest absolute Gasteiger partial charge is 0.375 e. The predicted octanol–water partition coefficient (Wildman–Crippen LogP) is 3.18. The zero-order valence-electron chi connectivity index (χ0n) is 13.2. The minimum Gasteiger partial charge on any atom is -0.375 e. The molecule has 5 heteroatoms. The Balaban J connectivity index is 1.69. The molecule has 0 bridgehead atoms. The van der Waals surface area contributed by atoms with Gasteiger partial charge in [-0.15, -0.1) is 0 Å². The molecule has 3 rings (SSSR count). The van der Waals surface area contributed by atoms with Gasteiger partial charge in [-0.1, -0.05) is 19.8 Å². The predicted molar refractivity (Wildman–Crippen MR) is 93.8 cm³/mol. The Morgan fingerprint density at radius 1 is 1.29 bits per heavy atom. The number of rotatable bonds is 4. The van der Waals surface area contributed by atoms with Gasteiger partial charge in [-0.05, 0) is 38.0 Å². The molecule has 4 unspecified atom stereocenters. The number of hydrogen-bond acceptors (Lipinski definition) is 5. The van der Waals surface area contributed by atoms with Crippen LogP contribution in [0.2, 0.25) is 0 Å². The van der Waals surface area contributed by atoms with Gasteiger partial charge in [0.15, 0.2) is 0 Å². The number of hydrogen-bond donors (Lipinski definition) is 2. The fraction of sp³-hybridized carbons (Fsp3) is 1.00. The molecule has 3 N–H and O–H groups in total. The molecule has 0 aromatic rings. The van der Waals surface area contributed by atoms with Crippen LogP contribution in [0.5, 0.6) is 0 Å². The fourth-order valence-electron chi connectivity index (χ4n) is 4.51. The molecule has 122 valence electrons. The lowest BCUT2D eigenvalue weighted by atomic mass is 9.79. The van der Waals surface area contributed by atoms with Gasteiger partial charge in [0.2, 0.25) is 0 Å².